The zero-order valence-corrected chi connectivity index (χ0v) is 14.8. The van der Waals surface area contributed by atoms with E-state index in [4.69, 9.17) is 4.74 Å². The highest BCUT2D eigenvalue weighted by atomic mass is 32.1. The van der Waals surface area contributed by atoms with Gasteiger partial charge in [0, 0.05) is 4.70 Å². The molecule has 0 spiro atoms. The van der Waals surface area contributed by atoms with Crippen molar-refractivity contribution in [3.05, 3.63) is 59.0 Å². The van der Waals surface area contributed by atoms with Gasteiger partial charge in [0.1, 0.15) is 5.75 Å². The summed E-state index contributed by atoms with van der Waals surface area (Å²) in [6.07, 6.45) is 1.91. The summed E-state index contributed by atoms with van der Waals surface area (Å²) in [6.45, 7) is 4.64. The van der Waals surface area contributed by atoms with E-state index in [1.165, 1.54) is 5.39 Å². The van der Waals surface area contributed by atoms with Gasteiger partial charge in [-0.3, -0.25) is 4.79 Å². The number of thiophene rings is 1. The van der Waals surface area contributed by atoms with Crippen LogP contribution in [0.25, 0.3) is 10.1 Å². The van der Waals surface area contributed by atoms with Crippen molar-refractivity contribution in [2.45, 2.75) is 26.7 Å². The average molecular weight is 339 g/mol. The highest BCUT2D eigenvalue weighted by molar-refractivity contribution is 7.21. The maximum Gasteiger partial charge on any atom is 0.266 e. The summed E-state index contributed by atoms with van der Waals surface area (Å²) in [7, 11) is 0. The first-order valence-corrected chi connectivity index (χ1v) is 9.09. The average Bonchev–Trinajstić information content (AvgIpc) is 2.96. The van der Waals surface area contributed by atoms with Crippen molar-refractivity contribution < 1.29 is 9.53 Å². The number of benzene rings is 2. The zero-order chi connectivity index (χ0) is 16.9. The number of anilines is 1. The lowest BCUT2D eigenvalue weighted by Gasteiger charge is -2.11. The van der Waals surface area contributed by atoms with Gasteiger partial charge in [0.25, 0.3) is 5.91 Å². The third-order valence-corrected chi connectivity index (χ3v) is 5.05. The minimum atomic E-state index is -0.0631. The Hall–Kier alpha value is -2.33. The number of rotatable bonds is 6. The molecule has 124 valence electrons. The van der Waals surface area contributed by atoms with Crippen LogP contribution in [0.2, 0.25) is 0 Å². The second-order valence-electron chi connectivity index (χ2n) is 5.54. The van der Waals surface area contributed by atoms with E-state index in [2.05, 4.69) is 24.4 Å². The van der Waals surface area contributed by atoms with Crippen LogP contribution in [0.15, 0.2) is 48.5 Å². The summed E-state index contributed by atoms with van der Waals surface area (Å²) in [4.78, 5) is 13.7. The summed E-state index contributed by atoms with van der Waals surface area (Å²) >= 11 is 1.56. The Bertz CT molecular complexity index is 854. The van der Waals surface area contributed by atoms with Crippen molar-refractivity contribution in [1.82, 2.24) is 0 Å². The molecular weight excluding hydrogens is 318 g/mol. The Labute approximate surface area is 146 Å². The second kappa shape index (κ2) is 7.49. The van der Waals surface area contributed by atoms with Gasteiger partial charge in [0.05, 0.1) is 17.2 Å². The van der Waals surface area contributed by atoms with Crippen molar-refractivity contribution in [2.75, 3.05) is 11.9 Å². The normalized spacial score (nSPS) is 10.8. The summed E-state index contributed by atoms with van der Waals surface area (Å²) < 4.78 is 6.76. The smallest absolute Gasteiger partial charge is 0.266 e. The van der Waals surface area contributed by atoms with Crippen LogP contribution < -0.4 is 10.1 Å². The minimum Gasteiger partial charge on any atom is -0.492 e. The van der Waals surface area contributed by atoms with Gasteiger partial charge < -0.3 is 10.1 Å². The van der Waals surface area contributed by atoms with Crippen molar-refractivity contribution in [3.63, 3.8) is 0 Å². The predicted molar refractivity (Wildman–Crippen MR) is 101 cm³/mol. The molecule has 4 heteroatoms. The van der Waals surface area contributed by atoms with E-state index in [1.54, 1.807) is 11.3 Å². The third kappa shape index (κ3) is 3.29. The molecule has 0 aliphatic rings. The molecule has 3 aromatic rings. The lowest BCUT2D eigenvalue weighted by atomic mass is 10.1. The maximum absolute atomic E-state index is 12.9. The van der Waals surface area contributed by atoms with Crippen molar-refractivity contribution >= 4 is 33.0 Å². The van der Waals surface area contributed by atoms with Crippen LogP contribution in [0, 0.1) is 0 Å². The van der Waals surface area contributed by atoms with Crippen LogP contribution in [0.4, 0.5) is 5.69 Å². The number of fused-ring (bicyclic) bond motifs is 1. The standard InChI is InChI=1S/C20H21NO2S/c1-3-9-15-14-10-5-8-13-18(14)24-19(15)20(22)21-16-11-6-7-12-17(16)23-4-2/h5-8,10-13H,3-4,9H2,1-2H3,(H,21,22). The largest absolute Gasteiger partial charge is 0.492 e. The van der Waals surface area contributed by atoms with Crippen LogP contribution in [-0.4, -0.2) is 12.5 Å². The number of hydrogen-bond donors (Lipinski definition) is 1. The molecule has 0 saturated carbocycles. The van der Waals surface area contributed by atoms with E-state index < -0.39 is 0 Å². The molecule has 3 nitrogen and oxygen atoms in total. The summed E-state index contributed by atoms with van der Waals surface area (Å²) in [6, 6.07) is 15.8. The van der Waals surface area contributed by atoms with Crippen LogP contribution in [0.1, 0.15) is 35.5 Å². The van der Waals surface area contributed by atoms with E-state index in [0.29, 0.717) is 18.0 Å². The first-order valence-electron chi connectivity index (χ1n) is 8.28. The van der Waals surface area contributed by atoms with Gasteiger partial charge in [-0.2, -0.15) is 0 Å². The molecule has 0 saturated heterocycles. The number of hydrogen-bond acceptors (Lipinski definition) is 3. The topological polar surface area (TPSA) is 38.3 Å². The molecule has 3 rings (SSSR count). The lowest BCUT2D eigenvalue weighted by molar-refractivity contribution is 0.102. The van der Waals surface area contributed by atoms with Crippen molar-refractivity contribution in [3.8, 4) is 5.75 Å². The quantitative estimate of drug-likeness (QED) is 0.643. The van der Waals surface area contributed by atoms with Crippen molar-refractivity contribution in [2.24, 2.45) is 0 Å². The first-order chi connectivity index (χ1) is 11.7. The molecule has 1 N–H and O–H groups in total. The monoisotopic (exact) mass is 339 g/mol. The van der Waals surface area contributed by atoms with Gasteiger partial charge in [-0.25, -0.2) is 0 Å². The van der Waals surface area contributed by atoms with Crippen LogP contribution in [0.5, 0.6) is 5.75 Å². The number of amides is 1. The van der Waals surface area contributed by atoms with Gasteiger partial charge >= 0.3 is 0 Å². The first kappa shape index (κ1) is 16.5. The van der Waals surface area contributed by atoms with Gasteiger partial charge in [0.15, 0.2) is 0 Å². The fourth-order valence-electron chi connectivity index (χ4n) is 2.81. The number of para-hydroxylation sites is 2. The Morgan fingerprint density at radius 1 is 1.08 bits per heavy atom. The van der Waals surface area contributed by atoms with E-state index in [9.17, 15) is 4.79 Å². The minimum absolute atomic E-state index is 0.0631. The molecule has 0 aliphatic heterocycles. The maximum atomic E-state index is 12.9. The van der Waals surface area contributed by atoms with E-state index >= 15 is 0 Å². The van der Waals surface area contributed by atoms with Gasteiger partial charge in [0.2, 0.25) is 0 Å². The fraction of sp³-hybridized carbons (Fsp3) is 0.250. The SMILES string of the molecule is CCCc1c(C(=O)Nc2ccccc2OCC)sc2ccccc12. The van der Waals surface area contributed by atoms with Gasteiger partial charge in [-0.15, -0.1) is 11.3 Å². The summed E-state index contributed by atoms with van der Waals surface area (Å²) in [5.41, 5.74) is 1.86. The molecular formula is C20H21NO2S. The van der Waals surface area contributed by atoms with Gasteiger partial charge in [-0.05, 0) is 42.5 Å². The molecule has 0 aliphatic carbocycles. The van der Waals surface area contributed by atoms with Gasteiger partial charge in [-0.1, -0.05) is 43.7 Å². The molecule has 24 heavy (non-hydrogen) atoms. The summed E-state index contributed by atoms with van der Waals surface area (Å²) in [5.74, 6) is 0.637. The number of aryl methyl sites for hydroxylation is 1. The molecule has 1 amide bonds. The summed E-state index contributed by atoms with van der Waals surface area (Å²) in [5, 5.41) is 4.21. The molecule has 1 heterocycles. The fourth-order valence-corrected chi connectivity index (χ4v) is 3.96. The van der Waals surface area contributed by atoms with Crippen molar-refractivity contribution in [1.29, 1.82) is 0 Å². The highest BCUT2D eigenvalue weighted by Crippen LogP contribution is 2.33. The Morgan fingerprint density at radius 2 is 1.83 bits per heavy atom. The van der Waals surface area contributed by atoms with Crippen LogP contribution in [0.3, 0.4) is 0 Å². The molecule has 0 bridgehead atoms. The Kier molecular flexibility index (Phi) is 5.16. The number of carbonyl (C=O) groups excluding carboxylic acids is 1. The molecule has 0 atom stereocenters. The third-order valence-electron chi connectivity index (χ3n) is 3.84. The molecule has 2 aromatic carbocycles. The lowest BCUT2D eigenvalue weighted by Crippen LogP contribution is -2.13. The second-order valence-corrected chi connectivity index (χ2v) is 6.59. The number of nitrogens with one attached hydrogen (secondary N) is 1. The zero-order valence-electron chi connectivity index (χ0n) is 14.0. The van der Waals surface area contributed by atoms with E-state index in [1.807, 2.05) is 43.3 Å². The molecule has 0 radical (unpaired) electrons. The molecule has 0 fully saturated rings. The van der Waals surface area contributed by atoms with E-state index in [-0.39, 0.29) is 5.91 Å². The predicted octanol–water partition coefficient (Wildman–Crippen LogP) is 5.50. The molecule has 0 unspecified atom stereocenters. The number of carbonyl (C=O) groups is 1. The van der Waals surface area contributed by atoms with E-state index in [0.717, 1.165) is 28.0 Å². The van der Waals surface area contributed by atoms with Crippen LogP contribution in [-0.2, 0) is 6.42 Å². The number of ether oxygens (including phenoxy) is 1. The highest BCUT2D eigenvalue weighted by Gasteiger charge is 2.18. The Balaban J connectivity index is 1.96. The van der Waals surface area contributed by atoms with Crippen LogP contribution >= 0.6 is 11.3 Å². The Morgan fingerprint density at radius 3 is 2.62 bits per heavy atom. The molecule has 1 aromatic heterocycles.